The van der Waals surface area contributed by atoms with E-state index in [0.717, 1.165) is 19.3 Å². The van der Waals surface area contributed by atoms with Gasteiger partial charge in [0.15, 0.2) is 12.4 Å². The van der Waals surface area contributed by atoms with Crippen molar-refractivity contribution >= 4 is 21.8 Å². The predicted octanol–water partition coefficient (Wildman–Crippen LogP) is 4.05. The van der Waals surface area contributed by atoms with Crippen molar-refractivity contribution in [2.45, 2.75) is 71.7 Å². The molecule has 0 unspecified atom stereocenters. The van der Waals surface area contributed by atoms with Crippen molar-refractivity contribution in [2.75, 3.05) is 13.2 Å². The largest absolute Gasteiger partial charge is 0.454 e. The van der Waals surface area contributed by atoms with E-state index in [9.17, 15) is 18.0 Å². The average Bonchev–Trinajstić information content (AvgIpc) is 2.88. The standard InChI is InChI=1S/C23H33NO5S/c1-21(2,3)19(25)13-29-20(26)16-8-7-9-18(10-16)30(27,28)24-15-23(6)12-17(24)11-22(4,5)14-23/h7-10,17H,11-15H2,1-6H3/t17-,23-/m0/s1. The van der Waals surface area contributed by atoms with E-state index in [0.29, 0.717) is 6.54 Å². The molecule has 2 bridgehead atoms. The van der Waals surface area contributed by atoms with E-state index in [1.807, 2.05) is 0 Å². The first-order valence-corrected chi connectivity index (χ1v) is 11.9. The Morgan fingerprint density at radius 2 is 1.83 bits per heavy atom. The molecule has 1 aliphatic heterocycles. The fourth-order valence-electron chi connectivity index (χ4n) is 5.04. The molecule has 0 spiro atoms. The summed E-state index contributed by atoms with van der Waals surface area (Å²) in [5.74, 6) is -0.891. The van der Waals surface area contributed by atoms with Crippen LogP contribution in [-0.4, -0.2) is 43.7 Å². The lowest BCUT2D eigenvalue weighted by Gasteiger charge is -2.39. The molecule has 1 aromatic rings. The van der Waals surface area contributed by atoms with E-state index < -0.39 is 21.4 Å². The summed E-state index contributed by atoms with van der Waals surface area (Å²) in [6.45, 7) is 12.0. The highest BCUT2D eigenvalue weighted by Gasteiger charge is 2.53. The first kappa shape index (κ1) is 22.9. The van der Waals surface area contributed by atoms with Gasteiger partial charge in [-0.15, -0.1) is 0 Å². The topological polar surface area (TPSA) is 80.8 Å². The Bertz CT molecular complexity index is 960. The predicted molar refractivity (Wildman–Crippen MR) is 115 cm³/mol. The molecule has 1 aromatic carbocycles. The number of hydrogen-bond donors (Lipinski definition) is 0. The Morgan fingerprint density at radius 3 is 2.47 bits per heavy atom. The summed E-state index contributed by atoms with van der Waals surface area (Å²) in [5.41, 5.74) is -0.397. The normalized spacial score (nSPS) is 26.4. The Labute approximate surface area is 180 Å². The third kappa shape index (κ3) is 4.62. The first-order chi connectivity index (χ1) is 13.6. The van der Waals surface area contributed by atoms with Crippen LogP contribution in [0.4, 0.5) is 0 Å². The summed E-state index contributed by atoms with van der Waals surface area (Å²) >= 11 is 0. The molecular weight excluding hydrogens is 402 g/mol. The molecule has 1 heterocycles. The van der Waals surface area contributed by atoms with Gasteiger partial charge in [-0.3, -0.25) is 4.79 Å². The summed E-state index contributed by atoms with van der Waals surface area (Å²) in [6, 6.07) is 5.90. The molecule has 7 heteroatoms. The monoisotopic (exact) mass is 435 g/mol. The molecule has 2 atom stereocenters. The van der Waals surface area contributed by atoms with Gasteiger partial charge in [0.05, 0.1) is 10.5 Å². The molecule has 1 saturated carbocycles. The molecule has 30 heavy (non-hydrogen) atoms. The van der Waals surface area contributed by atoms with E-state index in [-0.39, 0.29) is 39.7 Å². The summed E-state index contributed by atoms with van der Waals surface area (Å²) < 4.78 is 33.6. The van der Waals surface area contributed by atoms with E-state index >= 15 is 0 Å². The van der Waals surface area contributed by atoms with Crippen LogP contribution in [0.25, 0.3) is 0 Å². The molecule has 2 aliphatic rings. The number of rotatable bonds is 5. The Hall–Kier alpha value is -1.73. The minimum atomic E-state index is -3.73. The zero-order chi connectivity index (χ0) is 22.5. The number of hydrogen-bond acceptors (Lipinski definition) is 5. The lowest BCUT2D eigenvalue weighted by atomic mass is 9.65. The van der Waals surface area contributed by atoms with Crippen molar-refractivity contribution in [3.05, 3.63) is 29.8 Å². The Kier molecular flexibility index (Phi) is 5.70. The number of carbonyl (C=O) groups is 2. The number of esters is 1. The fraction of sp³-hybridized carbons (Fsp3) is 0.652. The number of fused-ring (bicyclic) bond motifs is 2. The SMILES string of the molecule is CC1(C)C[C@H]2C[C@](C)(CN2S(=O)(=O)c2cccc(C(=O)OCC(=O)C(C)(C)C)c2)C1. The fourth-order valence-corrected chi connectivity index (χ4v) is 6.86. The Morgan fingerprint density at radius 1 is 1.17 bits per heavy atom. The van der Waals surface area contributed by atoms with E-state index in [2.05, 4.69) is 20.8 Å². The lowest BCUT2D eigenvalue weighted by molar-refractivity contribution is -0.129. The van der Waals surface area contributed by atoms with Gasteiger partial charge < -0.3 is 4.74 Å². The van der Waals surface area contributed by atoms with Crippen molar-refractivity contribution in [3.63, 3.8) is 0 Å². The third-order valence-electron chi connectivity index (χ3n) is 6.21. The summed E-state index contributed by atoms with van der Waals surface area (Å²) in [7, 11) is -3.73. The van der Waals surface area contributed by atoms with Crippen molar-refractivity contribution in [3.8, 4) is 0 Å². The number of ketones is 1. The quantitative estimate of drug-likeness (QED) is 0.652. The maximum absolute atomic E-state index is 13.4. The van der Waals surface area contributed by atoms with Crippen LogP contribution in [0.3, 0.4) is 0 Å². The maximum Gasteiger partial charge on any atom is 0.338 e. The second kappa shape index (κ2) is 7.45. The highest BCUT2D eigenvalue weighted by atomic mass is 32.2. The minimum Gasteiger partial charge on any atom is -0.454 e. The van der Waals surface area contributed by atoms with Gasteiger partial charge in [-0.05, 0) is 48.3 Å². The molecule has 3 rings (SSSR count). The van der Waals surface area contributed by atoms with Crippen LogP contribution in [0.1, 0.15) is 71.2 Å². The van der Waals surface area contributed by atoms with Gasteiger partial charge in [0.2, 0.25) is 10.0 Å². The minimum absolute atomic E-state index is 0.0243. The van der Waals surface area contributed by atoms with Crippen LogP contribution in [0, 0.1) is 16.2 Å². The van der Waals surface area contributed by atoms with Gasteiger partial charge >= 0.3 is 5.97 Å². The molecule has 6 nitrogen and oxygen atoms in total. The smallest absolute Gasteiger partial charge is 0.338 e. The van der Waals surface area contributed by atoms with Crippen LogP contribution < -0.4 is 0 Å². The molecule has 0 radical (unpaired) electrons. The Balaban J connectivity index is 1.80. The number of ether oxygens (including phenoxy) is 1. The molecular formula is C23H33NO5S. The number of benzene rings is 1. The second-order valence-corrected chi connectivity index (χ2v) is 12.9. The zero-order valence-corrected chi connectivity index (χ0v) is 19.6. The van der Waals surface area contributed by atoms with E-state index in [1.165, 1.54) is 18.2 Å². The van der Waals surface area contributed by atoms with Crippen LogP contribution in [0.2, 0.25) is 0 Å². The lowest BCUT2D eigenvalue weighted by Crippen LogP contribution is -2.37. The summed E-state index contributed by atoms with van der Waals surface area (Å²) in [4.78, 5) is 24.5. The van der Waals surface area contributed by atoms with E-state index in [1.54, 1.807) is 31.1 Å². The number of nitrogens with zero attached hydrogens (tertiary/aromatic N) is 1. The highest BCUT2D eigenvalue weighted by Crippen LogP contribution is 2.53. The van der Waals surface area contributed by atoms with Crippen molar-refractivity contribution in [1.29, 1.82) is 0 Å². The van der Waals surface area contributed by atoms with Gasteiger partial charge in [-0.25, -0.2) is 13.2 Å². The molecule has 0 amide bonds. The summed E-state index contributed by atoms with van der Waals surface area (Å²) in [6.07, 6.45) is 2.70. The van der Waals surface area contributed by atoms with Gasteiger partial charge in [-0.1, -0.05) is 47.6 Å². The zero-order valence-electron chi connectivity index (χ0n) is 18.8. The highest BCUT2D eigenvalue weighted by molar-refractivity contribution is 7.89. The molecule has 2 fully saturated rings. The third-order valence-corrected chi connectivity index (χ3v) is 8.11. The number of carbonyl (C=O) groups excluding carboxylic acids is 2. The van der Waals surface area contributed by atoms with Crippen LogP contribution in [-0.2, 0) is 19.6 Å². The van der Waals surface area contributed by atoms with Crippen LogP contribution >= 0.6 is 0 Å². The average molecular weight is 436 g/mol. The van der Waals surface area contributed by atoms with Gasteiger partial charge in [0.1, 0.15) is 0 Å². The van der Waals surface area contributed by atoms with Gasteiger partial charge in [-0.2, -0.15) is 4.31 Å². The van der Waals surface area contributed by atoms with Crippen LogP contribution in [0.5, 0.6) is 0 Å². The maximum atomic E-state index is 13.4. The second-order valence-electron chi connectivity index (χ2n) is 11.0. The number of Topliss-reactive ketones (excluding diaryl/α,β-unsaturated/α-hetero) is 1. The van der Waals surface area contributed by atoms with Crippen molar-refractivity contribution in [2.24, 2.45) is 16.2 Å². The van der Waals surface area contributed by atoms with E-state index in [4.69, 9.17) is 4.74 Å². The van der Waals surface area contributed by atoms with Gasteiger partial charge in [0.25, 0.3) is 0 Å². The molecule has 1 saturated heterocycles. The number of sulfonamides is 1. The molecule has 0 aromatic heterocycles. The molecule has 166 valence electrons. The molecule has 0 N–H and O–H groups in total. The first-order valence-electron chi connectivity index (χ1n) is 10.5. The summed E-state index contributed by atoms with van der Waals surface area (Å²) in [5, 5.41) is 0. The van der Waals surface area contributed by atoms with Crippen molar-refractivity contribution < 1.29 is 22.7 Å². The van der Waals surface area contributed by atoms with Crippen molar-refractivity contribution in [1.82, 2.24) is 4.31 Å². The molecule has 1 aliphatic carbocycles. The van der Waals surface area contributed by atoms with Gasteiger partial charge in [0, 0.05) is 18.0 Å². The van der Waals surface area contributed by atoms with Crippen LogP contribution in [0.15, 0.2) is 29.2 Å².